The van der Waals surface area contributed by atoms with E-state index in [2.05, 4.69) is 19.1 Å². The Morgan fingerprint density at radius 2 is 2.13 bits per heavy atom. The molecule has 1 atom stereocenters. The Balaban J connectivity index is 2.16. The average Bonchev–Trinajstić information content (AvgIpc) is 2.77. The third-order valence-electron chi connectivity index (χ3n) is 2.76. The molecule has 1 heterocycles. The van der Waals surface area contributed by atoms with Crippen molar-refractivity contribution >= 4 is 5.91 Å². The van der Waals surface area contributed by atoms with Crippen molar-refractivity contribution in [2.75, 3.05) is 6.54 Å². The number of rotatable bonds is 2. The lowest BCUT2D eigenvalue weighted by atomic mass is 10.1. The van der Waals surface area contributed by atoms with Gasteiger partial charge in [-0.1, -0.05) is 37.3 Å². The van der Waals surface area contributed by atoms with Crippen molar-refractivity contribution in [1.82, 2.24) is 4.90 Å². The van der Waals surface area contributed by atoms with Gasteiger partial charge in [-0.25, -0.2) is 0 Å². The molecule has 2 rings (SSSR count). The van der Waals surface area contributed by atoms with Gasteiger partial charge in [0, 0.05) is 12.1 Å². The molecule has 1 aliphatic heterocycles. The van der Waals surface area contributed by atoms with E-state index in [0.29, 0.717) is 0 Å². The van der Waals surface area contributed by atoms with Gasteiger partial charge in [-0.2, -0.15) is 0 Å². The van der Waals surface area contributed by atoms with Gasteiger partial charge in [0.25, 0.3) is 5.91 Å². The molecule has 1 amide bonds. The summed E-state index contributed by atoms with van der Waals surface area (Å²) in [5, 5.41) is 0. The number of nitrogens with zero attached hydrogens (tertiary/aromatic N) is 1. The molecule has 2 nitrogen and oxygen atoms in total. The molecule has 0 aromatic heterocycles. The molecule has 0 unspecified atom stereocenters. The molecule has 0 spiro atoms. The summed E-state index contributed by atoms with van der Waals surface area (Å²) in [5.74, 6) is 0.132. The van der Waals surface area contributed by atoms with Crippen LogP contribution in [0.5, 0.6) is 0 Å². The van der Waals surface area contributed by atoms with E-state index in [-0.39, 0.29) is 11.9 Å². The topological polar surface area (TPSA) is 20.3 Å². The number of amides is 1. The maximum atomic E-state index is 12.1. The number of carbonyl (C=O) groups is 1. The lowest BCUT2D eigenvalue weighted by Gasteiger charge is -2.23. The fourth-order valence-electron chi connectivity index (χ4n) is 1.91. The lowest BCUT2D eigenvalue weighted by molar-refractivity contribution is 0.0747. The lowest BCUT2D eigenvalue weighted by Crippen LogP contribution is -2.35. The van der Waals surface area contributed by atoms with Gasteiger partial charge in [0.1, 0.15) is 0 Å². The van der Waals surface area contributed by atoms with Gasteiger partial charge in [0.15, 0.2) is 0 Å². The number of hydrogen-bond donors (Lipinski definition) is 0. The first kappa shape index (κ1) is 9.97. The first-order valence-corrected chi connectivity index (χ1v) is 5.35. The van der Waals surface area contributed by atoms with Crippen molar-refractivity contribution in [3.8, 4) is 0 Å². The smallest absolute Gasteiger partial charge is 0.254 e. The Bertz CT molecular complexity index is 369. The van der Waals surface area contributed by atoms with Crippen LogP contribution in [0.3, 0.4) is 0 Å². The van der Waals surface area contributed by atoms with Crippen LogP contribution in [0.1, 0.15) is 23.7 Å². The van der Waals surface area contributed by atoms with E-state index in [1.165, 1.54) is 0 Å². The third-order valence-corrected chi connectivity index (χ3v) is 2.76. The van der Waals surface area contributed by atoms with E-state index >= 15 is 0 Å². The zero-order valence-corrected chi connectivity index (χ0v) is 8.89. The standard InChI is InChI=1S/C13H15NO/c1-2-12-9-6-10-14(12)13(15)11-7-4-3-5-8-11/h3-9,12H,2,10H2,1H3/t12-/m1/s1. The normalized spacial score (nSPS) is 19.5. The molecule has 78 valence electrons. The highest BCUT2D eigenvalue weighted by atomic mass is 16.2. The van der Waals surface area contributed by atoms with E-state index < -0.39 is 0 Å². The Hall–Kier alpha value is -1.57. The van der Waals surface area contributed by atoms with Gasteiger partial charge in [-0.05, 0) is 18.6 Å². The van der Waals surface area contributed by atoms with Crippen LogP contribution in [0.25, 0.3) is 0 Å². The van der Waals surface area contributed by atoms with Gasteiger partial charge in [-0.15, -0.1) is 0 Å². The minimum atomic E-state index is 0.132. The quantitative estimate of drug-likeness (QED) is 0.673. The fraction of sp³-hybridized carbons (Fsp3) is 0.308. The molecule has 1 aromatic carbocycles. The van der Waals surface area contributed by atoms with Gasteiger partial charge in [-0.3, -0.25) is 4.79 Å². The van der Waals surface area contributed by atoms with Gasteiger partial charge < -0.3 is 4.90 Å². The van der Waals surface area contributed by atoms with Crippen molar-refractivity contribution in [2.45, 2.75) is 19.4 Å². The van der Waals surface area contributed by atoms with Gasteiger partial charge in [0.05, 0.1) is 6.04 Å². The van der Waals surface area contributed by atoms with Crippen LogP contribution < -0.4 is 0 Å². The van der Waals surface area contributed by atoms with E-state index in [0.717, 1.165) is 18.5 Å². The molecule has 0 saturated heterocycles. The van der Waals surface area contributed by atoms with Crippen LogP contribution in [-0.4, -0.2) is 23.4 Å². The van der Waals surface area contributed by atoms with Crippen molar-refractivity contribution in [1.29, 1.82) is 0 Å². The fourth-order valence-corrected chi connectivity index (χ4v) is 1.91. The second-order valence-corrected chi connectivity index (χ2v) is 3.73. The molecule has 1 aliphatic rings. The van der Waals surface area contributed by atoms with Crippen molar-refractivity contribution in [2.24, 2.45) is 0 Å². The SMILES string of the molecule is CC[C@@H]1C=CCN1C(=O)c1ccccc1. The summed E-state index contributed by atoms with van der Waals surface area (Å²) >= 11 is 0. The zero-order chi connectivity index (χ0) is 10.7. The molecule has 0 aliphatic carbocycles. The molecule has 1 aromatic rings. The summed E-state index contributed by atoms with van der Waals surface area (Å²) in [6.45, 7) is 2.85. The Kier molecular flexibility index (Phi) is 2.86. The number of hydrogen-bond acceptors (Lipinski definition) is 1. The summed E-state index contributed by atoms with van der Waals surface area (Å²) in [5.41, 5.74) is 0.777. The first-order valence-electron chi connectivity index (χ1n) is 5.35. The molecule has 0 bridgehead atoms. The monoisotopic (exact) mass is 201 g/mol. The van der Waals surface area contributed by atoms with Crippen molar-refractivity contribution in [3.05, 3.63) is 48.0 Å². The Morgan fingerprint density at radius 1 is 1.40 bits per heavy atom. The molecule has 0 fully saturated rings. The highest BCUT2D eigenvalue weighted by Gasteiger charge is 2.23. The van der Waals surface area contributed by atoms with Crippen LogP contribution in [0.15, 0.2) is 42.5 Å². The predicted octanol–water partition coefficient (Wildman–Crippen LogP) is 2.48. The minimum absolute atomic E-state index is 0.132. The highest BCUT2D eigenvalue weighted by molar-refractivity contribution is 5.94. The zero-order valence-electron chi connectivity index (χ0n) is 8.89. The first-order chi connectivity index (χ1) is 7.33. The second kappa shape index (κ2) is 4.30. The molecule has 0 N–H and O–H groups in total. The summed E-state index contributed by atoms with van der Waals surface area (Å²) in [6.07, 6.45) is 5.16. The summed E-state index contributed by atoms with van der Waals surface area (Å²) in [4.78, 5) is 14.0. The summed E-state index contributed by atoms with van der Waals surface area (Å²) < 4.78 is 0. The van der Waals surface area contributed by atoms with E-state index in [9.17, 15) is 4.79 Å². The van der Waals surface area contributed by atoms with Crippen LogP contribution in [0.2, 0.25) is 0 Å². The van der Waals surface area contributed by atoms with Gasteiger partial charge in [0.2, 0.25) is 0 Å². The summed E-state index contributed by atoms with van der Waals surface area (Å²) in [7, 11) is 0. The van der Waals surface area contributed by atoms with Crippen LogP contribution in [-0.2, 0) is 0 Å². The summed E-state index contributed by atoms with van der Waals surface area (Å²) in [6, 6.07) is 9.74. The average molecular weight is 201 g/mol. The molecule has 2 heteroatoms. The molecule has 15 heavy (non-hydrogen) atoms. The largest absolute Gasteiger partial charge is 0.329 e. The Morgan fingerprint density at radius 3 is 2.80 bits per heavy atom. The van der Waals surface area contributed by atoms with E-state index in [1.54, 1.807) is 0 Å². The number of carbonyl (C=O) groups excluding carboxylic acids is 1. The molecule has 0 saturated carbocycles. The van der Waals surface area contributed by atoms with Crippen molar-refractivity contribution in [3.63, 3.8) is 0 Å². The van der Waals surface area contributed by atoms with Crippen LogP contribution in [0.4, 0.5) is 0 Å². The molecular weight excluding hydrogens is 186 g/mol. The predicted molar refractivity (Wildman–Crippen MR) is 60.7 cm³/mol. The van der Waals surface area contributed by atoms with E-state index in [4.69, 9.17) is 0 Å². The molecule has 0 radical (unpaired) electrons. The van der Waals surface area contributed by atoms with Crippen LogP contribution in [0, 0.1) is 0 Å². The molecular formula is C13H15NO. The van der Waals surface area contributed by atoms with E-state index in [1.807, 2.05) is 35.2 Å². The maximum absolute atomic E-state index is 12.1. The van der Waals surface area contributed by atoms with Crippen molar-refractivity contribution < 1.29 is 4.79 Å². The van der Waals surface area contributed by atoms with Crippen LogP contribution >= 0.6 is 0 Å². The second-order valence-electron chi connectivity index (χ2n) is 3.73. The highest BCUT2D eigenvalue weighted by Crippen LogP contribution is 2.16. The Labute approximate surface area is 90.2 Å². The minimum Gasteiger partial charge on any atom is -0.329 e. The van der Waals surface area contributed by atoms with Gasteiger partial charge >= 0.3 is 0 Å². The number of benzene rings is 1. The third kappa shape index (κ3) is 1.94. The maximum Gasteiger partial charge on any atom is 0.254 e.